The third-order valence-corrected chi connectivity index (χ3v) is 3.82. The standard InChI is InChI=1S/C14H11BrClFN2O2/c1-7-2-4-9(16)11(6-7)21-10-5-3-8(14(18)19-20)12(15)13(10)17/h2-6,20H,1H3,(H2,18,19). The molecule has 0 spiro atoms. The fourth-order valence-corrected chi connectivity index (χ4v) is 2.36. The minimum atomic E-state index is -0.670. The van der Waals surface area contributed by atoms with Gasteiger partial charge in [-0.3, -0.25) is 0 Å². The van der Waals surface area contributed by atoms with Gasteiger partial charge in [0.25, 0.3) is 0 Å². The average molecular weight is 374 g/mol. The molecule has 0 radical (unpaired) electrons. The molecule has 0 bridgehead atoms. The smallest absolute Gasteiger partial charge is 0.180 e. The van der Waals surface area contributed by atoms with Gasteiger partial charge < -0.3 is 15.7 Å². The lowest BCUT2D eigenvalue weighted by atomic mass is 10.2. The van der Waals surface area contributed by atoms with Crippen molar-refractivity contribution < 1.29 is 14.3 Å². The first kappa shape index (κ1) is 15.6. The Balaban J connectivity index is 2.42. The zero-order valence-electron chi connectivity index (χ0n) is 10.9. The van der Waals surface area contributed by atoms with Gasteiger partial charge in [0.1, 0.15) is 5.75 Å². The zero-order valence-corrected chi connectivity index (χ0v) is 13.2. The van der Waals surface area contributed by atoms with E-state index >= 15 is 0 Å². The van der Waals surface area contributed by atoms with E-state index in [4.69, 9.17) is 27.3 Å². The molecule has 3 N–H and O–H groups in total. The molecule has 2 aromatic carbocycles. The van der Waals surface area contributed by atoms with Crippen LogP contribution in [-0.2, 0) is 0 Å². The lowest BCUT2D eigenvalue weighted by molar-refractivity contribution is 0.318. The molecule has 21 heavy (non-hydrogen) atoms. The van der Waals surface area contributed by atoms with Crippen LogP contribution in [0.3, 0.4) is 0 Å². The number of nitrogens with two attached hydrogens (primary N) is 1. The number of amidine groups is 1. The molecule has 0 aliphatic heterocycles. The lowest BCUT2D eigenvalue weighted by Crippen LogP contribution is -2.14. The van der Waals surface area contributed by atoms with Crippen molar-refractivity contribution in [3.63, 3.8) is 0 Å². The van der Waals surface area contributed by atoms with Gasteiger partial charge in [-0.2, -0.15) is 0 Å². The van der Waals surface area contributed by atoms with E-state index in [-0.39, 0.29) is 21.6 Å². The summed E-state index contributed by atoms with van der Waals surface area (Å²) in [5.74, 6) is -0.555. The van der Waals surface area contributed by atoms with Crippen molar-refractivity contribution in [1.29, 1.82) is 0 Å². The van der Waals surface area contributed by atoms with Gasteiger partial charge >= 0.3 is 0 Å². The van der Waals surface area contributed by atoms with Gasteiger partial charge in [-0.25, -0.2) is 4.39 Å². The van der Waals surface area contributed by atoms with E-state index in [1.807, 2.05) is 13.0 Å². The van der Waals surface area contributed by atoms with E-state index in [1.165, 1.54) is 12.1 Å². The van der Waals surface area contributed by atoms with Gasteiger partial charge in [-0.15, -0.1) is 0 Å². The van der Waals surface area contributed by atoms with E-state index in [1.54, 1.807) is 12.1 Å². The Morgan fingerprint density at radius 1 is 1.33 bits per heavy atom. The molecule has 0 atom stereocenters. The molecule has 4 nitrogen and oxygen atoms in total. The molecule has 0 saturated heterocycles. The lowest BCUT2D eigenvalue weighted by Gasteiger charge is -2.12. The van der Waals surface area contributed by atoms with Crippen LogP contribution in [0.1, 0.15) is 11.1 Å². The number of ether oxygens (including phenoxy) is 1. The highest BCUT2D eigenvalue weighted by molar-refractivity contribution is 9.10. The summed E-state index contributed by atoms with van der Waals surface area (Å²) < 4.78 is 19.8. The second kappa shape index (κ2) is 6.32. The molecule has 0 aliphatic rings. The van der Waals surface area contributed by atoms with Crippen molar-refractivity contribution in [2.24, 2.45) is 10.9 Å². The number of hydrogen-bond acceptors (Lipinski definition) is 3. The highest BCUT2D eigenvalue weighted by Gasteiger charge is 2.16. The summed E-state index contributed by atoms with van der Waals surface area (Å²) in [6, 6.07) is 8.05. The molecule has 0 fully saturated rings. The predicted octanol–water partition coefficient (Wildman–Crippen LogP) is 4.44. The first-order chi connectivity index (χ1) is 9.93. The molecule has 7 heteroatoms. The highest BCUT2D eigenvalue weighted by Crippen LogP contribution is 2.35. The van der Waals surface area contributed by atoms with Crippen molar-refractivity contribution in [2.75, 3.05) is 0 Å². The summed E-state index contributed by atoms with van der Waals surface area (Å²) in [4.78, 5) is 0. The molecule has 0 saturated carbocycles. The quantitative estimate of drug-likeness (QED) is 0.362. The van der Waals surface area contributed by atoms with Crippen LogP contribution in [0.2, 0.25) is 5.02 Å². The first-order valence-corrected chi connectivity index (χ1v) is 7.01. The van der Waals surface area contributed by atoms with E-state index in [2.05, 4.69) is 21.1 Å². The number of hydrogen-bond donors (Lipinski definition) is 2. The van der Waals surface area contributed by atoms with Crippen LogP contribution >= 0.6 is 27.5 Å². The van der Waals surface area contributed by atoms with Gasteiger partial charge in [0.2, 0.25) is 0 Å². The van der Waals surface area contributed by atoms with E-state index in [0.29, 0.717) is 10.8 Å². The maximum Gasteiger partial charge on any atom is 0.180 e. The minimum absolute atomic E-state index is 0.0242. The summed E-state index contributed by atoms with van der Waals surface area (Å²) in [6.45, 7) is 1.87. The Hall–Kier alpha value is -1.79. The predicted molar refractivity (Wildman–Crippen MR) is 82.9 cm³/mol. The third kappa shape index (κ3) is 3.28. The summed E-state index contributed by atoms with van der Waals surface area (Å²) >= 11 is 9.07. The molecule has 0 amide bonds. The van der Waals surface area contributed by atoms with E-state index < -0.39 is 5.82 Å². The monoisotopic (exact) mass is 372 g/mol. The Bertz CT molecular complexity index is 722. The van der Waals surface area contributed by atoms with E-state index in [0.717, 1.165) is 5.56 Å². The van der Waals surface area contributed by atoms with Crippen molar-refractivity contribution in [1.82, 2.24) is 0 Å². The fraction of sp³-hybridized carbons (Fsp3) is 0.0714. The Labute approximate surface area is 134 Å². The molecule has 2 rings (SSSR count). The van der Waals surface area contributed by atoms with Crippen LogP contribution in [0.25, 0.3) is 0 Å². The number of nitrogens with zero attached hydrogens (tertiary/aromatic N) is 1. The van der Waals surface area contributed by atoms with Gasteiger partial charge in [0, 0.05) is 5.56 Å². The summed E-state index contributed by atoms with van der Waals surface area (Å²) in [6.07, 6.45) is 0. The van der Waals surface area contributed by atoms with Crippen LogP contribution in [0.5, 0.6) is 11.5 Å². The molecule has 0 unspecified atom stereocenters. The summed E-state index contributed by atoms with van der Waals surface area (Å²) in [5, 5.41) is 11.9. The van der Waals surface area contributed by atoms with Crippen molar-refractivity contribution in [3.05, 3.63) is 56.8 Å². The number of aryl methyl sites for hydroxylation is 1. The summed E-state index contributed by atoms with van der Waals surface area (Å²) in [5.41, 5.74) is 6.60. The highest BCUT2D eigenvalue weighted by atomic mass is 79.9. The van der Waals surface area contributed by atoms with E-state index in [9.17, 15) is 4.39 Å². The van der Waals surface area contributed by atoms with Crippen molar-refractivity contribution in [2.45, 2.75) is 6.92 Å². The fourth-order valence-electron chi connectivity index (χ4n) is 1.67. The second-order valence-electron chi connectivity index (χ2n) is 4.26. The van der Waals surface area contributed by atoms with Gasteiger partial charge in [-0.05, 0) is 52.7 Å². The zero-order chi connectivity index (χ0) is 15.6. The first-order valence-electron chi connectivity index (χ1n) is 5.84. The SMILES string of the molecule is Cc1ccc(Cl)c(Oc2ccc(/C(N)=N/O)c(Br)c2F)c1. The maximum atomic E-state index is 14.3. The van der Waals surface area contributed by atoms with Crippen LogP contribution < -0.4 is 10.5 Å². The third-order valence-electron chi connectivity index (χ3n) is 2.74. The van der Waals surface area contributed by atoms with Crippen molar-refractivity contribution >= 4 is 33.4 Å². The molecule has 2 aromatic rings. The van der Waals surface area contributed by atoms with Crippen LogP contribution in [0.15, 0.2) is 40.0 Å². The average Bonchev–Trinajstić information content (AvgIpc) is 2.47. The molecule has 110 valence electrons. The van der Waals surface area contributed by atoms with Crippen LogP contribution in [0.4, 0.5) is 4.39 Å². The molecule has 0 aromatic heterocycles. The molecular weight excluding hydrogens is 363 g/mol. The number of rotatable bonds is 3. The molecule has 0 aliphatic carbocycles. The van der Waals surface area contributed by atoms with Gasteiger partial charge in [-0.1, -0.05) is 22.8 Å². The Kier molecular flexibility index (Phi) is 4.69. The normalized spacial score (nSPS) is 11.5. The van der Waals surface area contributed by atoms with Crippen molar-refractivity contribution in [3.8, 4) is 11.5 Å². The molecule has 0 heterocycles. The Morgan fingerprint density at radius 3 is 2.71 bits per heavy atom. The minimum Gasteiger partial charge on any atom is -0.453 e. The topological polar surface area (TPSA) is 67.8 Å². The maximum absolute atomic E-state index is 14.3. The second-order valence-corrected chi connectivity index (χ2v) is 5.46. The van der Waals surface area contributed by atoms with Crippen LogP contribution in [-0.4, -0.2) is 11.0 Å². The summed E-state index contributed by atoms with van der Waals surface area (Å²) in [7, 11) is 0. The number of halogens is 3. The number of oxime groups is 1. The Morgan fingerprint density at radius 2 is 2.05 bits per heavy atom. The largest absolute Gasteiger partial charge is 0.453 e. The van der Waals surface area contributed by atoms with Gasteiger partial charge in [0.15, 0.2) is 17.4 Å². The molecular formula is C14H11BrClFN2O2. The van der Waals surface area contributed by atoms with Gasteiger partial charge in [0.05, 0.1) is 9.50 Å². The van der Waals surface area contributed by atoms with Crippen LogP contribution in [0, 0.1) is 12.7 Å². The number of benzene rings is 2.